The van der Waals surface area contributed by atoms with Gasteiger partial charge >= 0.3 is 0 Å². The molecule has 130 valence electrons. The molecule has 6 heteroatoms. The van der Waals surface area contributed by atoms with Crippen molar-refractivity contribution in [1.82, 2.24) is 4.90 Å². The van der Waals surface area contributed by atoms with Crippen LogP contribution in [0.4, 0.5) is 0 Å². The summed E-state index contributed by atoms with van der Waals surface area (Å²) in [5.41, 5.74) is 7.92. The molecule has 0 aromatic heterocycles. The first kappa shape index (κ1) is 17.3. The number of amides is 1. The fourth-order valence-corrected chi connectivity index (χ4v) is 3.18. The predicted octanol–water partition coefficient (Wildman–Crippen LogP) is 3.41. The van der Waals surface area contributed by atoms with Crippen LogP contribution >= 0.6 is 11.6 Å². The van der Waals surface area contributed by atoms with Crippen LogP contribution < -0.4 is 10.5 Å². The highest BCUT2D eigenvalue weighted by molar-refractivity contribution is 6.33. The van der Waals surface area contributed by atoms with E-state index in [1.54, 1.807) is 20.2 Å². The standard InChI is InChI=1S/C19H20ClN3O2/c1-19(11-17(24)23(2)18(21)22-19)13-6-4-5-12(9-13)15-10-14(25-3)7-8-16(15)20/h4-10H,11H2,1-3H3,(H2,21,22)/t19-/m0/s1. The Hall–Kier alpha value is -2.53. The Morgan fingerprint density at radius 1 is 1.28 bits per heavy atom. The van der Waals surface area contributed by atoms with Gasteiger partial charge in [-0.2, -0.15) is 0 Å². The van der Waals surface area contributed by atoms with E-state index in [1.165, 1.54) is 4.90 Å². The molecule has 2 aromatic rings. The lowest BCUT2D eigenvalue weighted by Crippen LogP contribution is -2.47. The van der Waals surface area contributed by atoms with Gasteiger partial charge < -0.3 is 10.5 Å². The van der Waals surface area contributed by atoms with E-state index in [-0.39, 0.29) is 18.3 Å². The lowest BCUT2D eigenvalue weighted by molar-refractivity contribution is -0.128. The molecule has 1 amide bonds. The number of nitrogens with zero attached hydrogens (tertiary/aromatic N) is 2. The minimum atomic E-state index is -0.699. The van der Waals surface area contributed by atoms with Crippen molar-refractivity contribution in [3.05, 3.63) is 53.1 Å². The number of ether oxygens (including phenoxy) is 1. The number of methoxy groups -OCH3 is 1. The second-order valence-electron chi connectivity index (χ2n) is 6.30. The topological polar surface area (TPSA) is 67.9 Å². The predicted molar refractivity (Wildman–Crippen MR) is 99.8 cm³/mol. The van der Waals surface area contributed by atoms with Gasteiger partial charge in [0.15, 0.2) is 5.96 Å². The van der Waals surface area contributed by atoms with Gasteiger partial charge in [-0.25, -0.2) is 4.99 Å². The average molecular weight is 358 g/mol. The fraction of sp³-hybridized carbons (Fsp3) is 0.263. The third kappa shape index (κ3) is 3.20. The van der Waals surface area contributed by atoms with Gasteiger partial charge in [0, 0.05) is 17.6 Å². The lowest BCUT2D eigenvalue weighted by atomic mass is 9.86. The summed E-state index contributed by atoms with van der Waals surface area (Å²) in [5, 5.41) is 0.630. The monoisotopic (exact) mass is 357 g/mol. The molecule has 2 N–H and O–H groups in total. The number of benzene rings is 2. The van der Waals surface area contributed by atoms with Crippen molar-refractivity contribution in [2.45, 2.75) is 18.9 Å². The van der Waals surface area contributed by atoms with Crippen LogP contribution in [-0.2, 0) is 10.3 Å². The van der Waals surface area contributed by atoms with Crippen molar-refractivity contribution in [1.29, 1.82) is 0 Å². The molecule has 1 aliphatic heterocycles. The van der Waals surface area contributed by atoms with Crippen molar-refractivity contribution < 1.29 is 9.53 Å². The molecule has 2 aromatic carbocycles. The number of carbonyl (C=O) groups excluding carboxylic acids is 1. The van der Waals surface area contributed by atoms with Crippen molar-refractivity contribution >= 4 is 23.5 Å². The molecule has 0 fully saturated rings. The van der Waals surface area contributed by atoms with Gasteiger partial charge in [-0.05, 0) is 42.3 Å². The number of rotatable bonds is 3. The number of aliphatic imine (C=N–C) groups is 1. The Kier molecular flexibility index (Phi) is 4.43. The second kappa shape index (κ2) is 6.41. The second-order valence-corrected chi connectivity index (χ2v) is 6.71. The number of nitrogens with two attached hydrogens (primary N) is 1. The highest BCUT2D eigenvalue weighted by atomic mass is 35.5. The van der Waals surface area contributed by atoms with Crippen LogP contribution in [-0.4, -0.2) is 30.9 Å². The first-order valence-corrected chi connectivity index (χ1v) is 8.28. The number of hydrogen-bond acceptors (Lipinski definition) is 4. The summed E-state index contributed by atoms with van der Waals surface area (Å²) in [4.78, 5) is 18.1. The summed E-state index contributed by atoms with van der Waals surface area (Å²) in [6.07, 6.45) is 0.263. The highest BCUT2D eigenvalue weighted by Gasteiger charge is 2.36. The van der Waals surface area contributed by atoms with E-state index in [0.717, 1.165) is 22.4 Å². The number of guanidine groups is 1. The van der Waals surface area contributed by atoms with Crippen LogP contribution in [0.3, 0.4) is 0 Å². The van der Waals surface area contributed by atoms with Crippen molar-refractivity contribution in [2.24, 2.45) is 10.7 Å². The summed E-state index contributed by atoms with van der Waals surface area (Å²) < 4.78 is 5.29. The minimum Gasteiger partial charge on any atom is -0.497 e. The molecule has 0 radical (unpaired) electrons. The lowest BCUT2D eigenvalue weighted by Gasteiger charge is -2.33. The van der Waals surface area contributed by atoms with Gasteiger partial charge in [-0.3, -0.25) is 9.69 Å². The van der Waals surface area contributed by atoms with Gasteiger partial charge in [0.05, 0.1) is 19.1 Å². The van der Waals surface area contributed by atoms with Crippen LogP contribution in [0.5, 0.6) is 5.75 Å². The largest absolute Gasteiger partial charge is 0.497 e. The molecule has 1 heterocycles. The molecule has 0 aliphatic carbocycles. The molecule has 0 saturated carbocycles. The molecule has 3 rings (SSSR count). The summed E-state index contributed by atoms with van der Waals surface area (Å²) in [6.45, 7) is 1.91. The molecule has 0 unspecified atom stereocenters. The van der Waals surface area contributed by atoms with E-state index in [4.69, 9.17) is 22.1 Å². The molecule has 0 saturated heterocycles. The molecule has 5 nitrogen and oxygen atoms in total. The summed E-state index contributed by atoms with van der Waals surface area (Å²) >= 11 is 6.36. The van der Waals surface area contributed by atoms with Gasteiger partial charge in [0.1, 0.15) is 5.75 Å². The van der Waals surface area contributed by atoms with E-state index < -0.39 is 5.54 Å². The number of hydrogen-bond donors (Lipinski definition) is 1. The molecule has 1 aliphatic rings. The molecular weight excluding hydrogens is 338 g/mol. The fourth-order valence-electron chi connectivity index (χ4n) is 2.95. The van der Waals surface area contributed by atoms with Crippen LogP contribution in [0.25, 0.3) is 11.1 Å². The van der Waals surface area contributed by atoms with Gasteiger partial charge in [-0.1, -0.05) is 29.8 Å². The maximum Gasteiger partial charge on any atom is 0.231 e. The van der Waals surface area contributed by atoms with E-state index in [1.807, 2.05) is 43.3 Å². The minimum absolute atomic E-state index is 0.0557. The number of halogens is 1. The Balaban J connectivity index is 2.07. The van der Waals surface area contributed by atoms with Gasteiger partial charge in [-0.15, -0.1) is 0 Å². The van der Waals surface area contributed by atoms with E-state index >= 15 is 0 Å². The van der Waals surface area contributed by atoms with Crippen LogP contribution in [0.15, 0.2) is 47.5 Å². The molecular formula is C19H20ClN3O2. The molecule has 25 heavy (non-hydrogen) atoms. The zero-order valence-corrected chi connectivity index (χ0v) is 15.2. The normalized spacial score (nSPS) is 20.4. The Bertz CT molecular complexity index is 865. The van der Waals surface area contributed by atoms with Crippen LogP contribution in [0.2, 0.25) is 5.02 Å². The summed E-state index contributed by atoms with van der Waals surface area (Å²) in [5.74, 6) is 0.899. The highest BCUT2D eigenvalue weighted by Crippen LogP contribution is 2.37. The zero-order valence-electron chi connectivity index (χ0n) is 14.4. The first-order chi connectivity index (χ1) is 11.8. The molecule has 0 bridgehead atoms. The third-order valence-electron chi connectivity index (χ3n) is 4.54. The summed E-state index contributed by atoms with van der Waals surface area (Å²) in [7, 11) is 3.25. The summed E-state index contributed by atoms with van der Waals surface area (Å²) in [6, 6.07) is 13.4. The Labute approximate surface area is 152 Å². The van der Waals surface area contributed by atoms with Crippen molar-refractivity contribution in [3.8, 4) is 16.9 Å². The van der Waals surface area contributed by atoms with Crippen molar-refractivity contribution in [2.75, 3.05) is 14.2 Å². The average Bonchev–Trinajstić information content (AvgIpc) is 2.60. The van der Waals surface area contributed by atoms with Crippen LogP contribution in [0, 0.1) is 0 Å². The zero-order chi connectivity index (χ0) is 18.2. The SMILES string of the molecule is COc1ccc(Cl)c(-c2cccc([C@]3(C)CC(=O)N(C)C(N)=N3)c2)c1. The van der Waals surface area contributed by atoms with E-state index in [0.29, 0.717) is 5.02 Å². The van der Waals surface area contributed by atoms with Crippen LogP contribution in [0.1, 0.15) is 18.9 Å². The number of carbonyl (C=O) groups is 1. The quantitative estimate of drug-likeness (QED) is 0.915. The first-order valence-electron chi connectivity index (χ1n) is 7.90. The van der Waals surface area contributed by atoms with Gasteiger partial charge in [0.2, 0.25) is 5.91 Å². The Morgan fingerprint density at radius 3 is 2.72 bits per heavy atom. The van der Waals surface area contributed by atoms with E-state index in [2.05, 4.69) is 4.99 Å². The smallest absolute Gasteiger partial charge is 0.231 e. The van der Waals surface area contributed by atoms with Gasteiger partial charge in [0.25, 0.3) is 0 Å². The molecule has 0 spiro atoms. The van der Waals surface area contributed by atoms with E-state index in [9.17, 15) is 4.79 Å². The molecule has 1 atom stereocenters. The third-order valence-corrected chi connectivity index (χ3v) is 4.87. The maximum atomic E-state index is 12.2. The van der Waals surface area contributed by atoms with Crippen molar-refractivity contribution in [3.63, 3.8) is 0 Å². The Morgan fingerprint density at radius 2 is 2.04 bits per heavy atom. The maximum absolute atomic E-state index is 12.2.